The van der Waals surface area contributed by atoms with Gasteiger partial charge in [-0.25, -0.2) is 8.42 Å². The molecule has 22 heavy (non-hydrogen) atoms. The van der Waals surface area contributed by atoms with Gasteiger partial charge in [-0.3, -0.25) is 0 Å². The van der Waals surface area contributed by atoms with Gasteiger partial charge in [0.2, 0.25) is 10.0 Å². The molecule has 0 bridgehead atoms. The van der Waals surface area contributed by atoms with E-state index in [-0.39, 0.29) is 11.0 Å². The molecule has 0 unspecified atom stereocenters. The zero-order valence-electron chi connectivity index (χ0n) is 12.2. The normalized spacial score (nSPS) is 17.7. The molecule has 2 aromatic rings. The number of nitrogens with zero attached hydrogens (tertiary/aromatic N) is 4. The van der Waals surface area contributed by atoms with Crippen LogP contribution in [0.25, 0.3) is 0 Å². The largest absolute Gasteiger partial charge is 0.466 e. The Morgan fingerprint density at radius 3 is 2.64 bits per heavy atom. The maximum Gasteiger partial charge on any atom is 0.294 e. The molecular formula is C12H16N4O4S2. The van der Waals surface area contributed by atoms with Gasteiger partial charge < -0.3 is 9.26 Å². The molecule has 0 aromatic carbocycles. The number of rotatable bonds is 4. The minimum Gasteiger partial charge on any atom is -0.466 e. The van der Waals surface area contributed by atoms with Gasteiger partial charge in [-0.2, -0.15) is 4.31 Å². The molecule has 1 fully saturated rings. The monoisotopic (exact) mass is 344 g/mol. The molecule has 0 amide bonds. The number of ether oxygens (including phenoxy) is 1. The van der Waals surface area contributed by atoms with Crippen molar-refractivity contribution in [3.8, 4) is 5.19 Å². The van der Waals surface area contributed by atoms with E-state index in [4.69, 9.17) is 9.26 Å². The standard InChI is InChI=1S/C12H16N4O4S2/c1-8-11(9(2)20-15-8)22(17,18)16-5-3-10(4-6-16)19-12-14-13-7-21-12/h7,10H,3-6H2,1-2H3. The summed E-state index contributed by atoms with van der Waals surface area (Å²) in [6.45, 7) is 4.04. The van der Waals surface area contributed by atoms with E-state index in [0.717, 1.165) is 0 Å². The van der Waals surface area contributed by atoms with Crippen LogP contribution in [0.15, 0.2) is 14.9 Å². The molecule has 0 aliphatic carbocycles. The van der Waals surface area contributed by atoms with Crippen molar-refractivity contribution in [2.24, 2.45) is 0 Å². The first-order valence-corrected chi connectivity index (χ1v) is 9.16. The van der Waals surface area contributed by atoms with Gasteiger partial charge >= 0.3 is 0 Å². The minimum absolute atomic E-state index is 0.0379. The Bertz CT molecular complexity index is 714. The topological polar surface area (TPSA) is 98.4 Å². The van der Waals surface area contributed by atoms with E-state index in [2.05, 4.69) is 15.4 Å². The van der Waals surface area contributed by atoms with E-state index in [1.165, 1.54) is 15.6 Å². The van der Waals surface area contributed by atoms with Crippen LogP contribution in [0.1, 0.15) is 24.3 Å². The number of hydrogen-bond acceptors (Lipinski definition) is 8. The third-order valence-corrected chi connectivity index (χ3v) is 6.30. The molecule has 0 atom stereocenters. The number of aromatic nitrogens is 3. The van der Waals surface area contributed by atoms with Crippen molar-refractivity contribution in [3.05, 3.63) is 17.0 Å². The van der Waals surface area contributed by atoms with Crippen molar-refractivity contribution in [3.63, 3.8) is 0 Å². The first-order valence-electron chi connectivity index (χ1n) is 6.84. The summed E-state index contributed by atoms with van der Waals surface area (Å²) in [6, 6.07) is 0. The molecule has 10 heteroatoms. The second-order valence-corrected chi connectivity index (χ2v) is 7.75. The Kier molecular flexibility index (Phi) is 4.15. The Balaban J connectivity index is 1.68. The van der Waals surface area contributed by atoms with Crippen LogP contribution in [0.5, 0.6) is 5.19 Å². The van der Waals surface area contributed by atoms with Crippen LogP contribution in [0, 0.1) is 13.8 Å². The van der Waals surface area contributed by atoms with Gasteiger partial charge in [0.05, 0.1) is 0 Å². The SMILES string of the molecule is Cc1noc(C)c1S(=O)(=O)N1CCC(Oc2nncs2)CC1. The lowest BCUT2D eigenvalue weighted by atomic mass is 10.1. The van der Waals surface area contributed by atoms with Gasteiger partial charge in [0.25, 0.3) is 5.19 Å². The number of piperidine rings is 1. The lowest BCUT2D eigenvalue weighted by Crippen LogP contribution is -2.42. The summed E-state index contributed by atoms with van der Waals surface area (Å²) in [5.74, 6) is 0.324. The van der Waals surface area contributed by atoms with E-state index >= 15 is 0 Å². The second-order valence-electron chi connectivity index (χ2n) is 5.08. The maximum absolute atomic E-state index is 12.7. The van der Waals surface area contributed by atoms with Crippen molar-refractivity contribution in [2.75, 3.05) is 13.1 Å². The van der Waals surface area contributed by atoms with E-state index in [0.29, 0.717) is 42.6 Å². The predicted molar refractivity (Wildman–Crippen MR) is 78.3 cm³/mol. The Labute approximate surface area is 132 Å². The molecule has 0 spiro atoms. The Morgan fingerprint density at radius 1 is 1.36 bits per heavy atom. The van der Waals surface area contributed by atoms with Crippen LogP contribution < -0.4 is 4.74 Å². The molecule has 1 aliphatic heterocycles. The van der Waals surface area contributed by atoms with Crippen molar-refractivity contribution in [2.45, 2.75) is 37.7 Å². The zero-order valence-corrected chi connectivity index (χ0v) is 13.9. The van der Waals surface area contributed by atoms with Crippen LogP contribution in [0.4, 0.5) is 0 Å². The van der Waals surface area contributed by atoms with Crippen molar-refractivity contribution in [1.29, 1.82) is 0 Å². The van der Waals surface area contributed by atoms with Gasteiger partial charge in [-0.05, 0) is 26.7 Å². The molecule has 8 nitrogen and oxygen atoms in total. The lowest BCUT2D eigenvalue weighted by molar-refractivity contribution is 0.133. The fraction of sp³-hybridized carbons (Fsp3) is 0.583. The van der Waals surface area contributed by atoms with Crippen LogP contribution in [-0.4, -0.2) is 47.3 Å². The van der Waals surface area contributed by atoms with Crippen LogP contribution in [0.3, 0.4) is 0 Å². The van der Waals surface area contributed by atoms with Gasteiger partial charge in [-0.1, -0.05) is 16.5 Å². The fourth-order valence-electron chi connectivity index (χ4n) is 2.52. The molecule has 0 radical (unpaired) electrons. The summed E-state index contributed by atoms with van der Waals surface area (Å²) in [6.07, 6.45) is 1.19. The molecule has 120 valence electrons. The van der Waals surface area contributed by atoms with E-state index in [9.17, 15) is 8.42 Å². The van der Waals surface area contributed by atoms with Crippen LogP contribution in [0.2, 0.25) is 0 Å². The van der Waals surface area contributed by atoms with E-state index in [1.807, 2.05) is 0 Å². The van der Waals surface area contributed by atoms with E-state index in [1.54, 1.807) is 19.4 Å². The number of sulfonamides is 1. The first kappa shape index (κ1) is 15.4. The number of hydrogen-bond donors (Lipinski definition) is 0. The maximum atomic E-state index is 12.7. The highest BCUT2D eigenvalue weighted by atomic mass is 32.2. The highest BCUT2D eigenvalue weighted by Gasteiger charge is 2.34. The quantitative estimate of drug-likeness (QED) is 0.826. The smallest absolute Gasteiger partial charge is 0.294 e. The van der Waals surface area contributed by atoms with Crippen LogP contribution in [-0.2, 0) is 10.0 Å². The average molecular weight is 344 g/mol. The summed E-state index contributed by atoms with van der Waals surface area (Å²) in [5.41, 5.74) is 2.00. The van der Waals surface area contributed by atoms with Crippen molar-refractivity contribution < 1.29 is 17.7 Å². The highest BCUT2D eigenvalue weighted by molar-refractivity contribution is 7.89. The molecule has 1 aliphatic rings. The summed E-state index contributed by atoms with van der Waals surface area (Å²) >= 11 is 1.33. The molecular weight excluding hydrogens is 328 g/mol. The summed E-state index contributed by atoms with van der Waals surface area (Å²) in [5, 5.41) is 11.8. The Morgan fingerprint density at radius 2 is 2.09 bits per heavy atom. The van der Waals surface area contributed by atoms with Gasteiger partial charge in [0, 0.05) is 13.1 Å². The molecule has 3 heterocycles. The average Bonchev–Trinajstić information content (AvgIpc) is 3.10. The third kappa shape index (κ3) is 2.85. The predicted octanol–water partition coefficient (Wildman–Crippen LogP) is 1.38. The van der Waals surface area contributed by atoms with Crippen molar-refractivity contribution >= 4 is 21.4 Å². The fourth-order valence-corrected chi connectivity index (χ4v) is 4.75. The third-order valence-electron chi connectivity index (χ3n) is 3.57. The van der Waals surface area contributed by atoms with Gasteiger partial charge in [0.15, 0.2) is 5.76 Å². The minimum atomic E-state index is -3.57. The zero-order chi connectivity index (χ0) is 15.7. The highest BCUT2D eigenvalue weighted by Crippen LogP contribution is 2.27. The van der Waals surface area contributed by atoms with Crippen LogP contribution >= 0.6 is 11.3 Å². The van der Waals surface area contributed by atoms with Crippen molar-refractivity contribution in [1.82, 2.24) is 19.7 Å². The molecule has 0 N–H and O–H groups in total. The van der Waals surface area contributed by atoms with Gasteiger partial charge in [-0.15, -0.1) is 10.2 Å². The Hall–Kier alpha value is -1.52. The van der Waals surface area contributed by atoms with Gasteiger partial charge in [0.1, 0.15) is 22.2 Å². The summed E-state index contributed by atoms with van der Waals surface area (Å²) < 4.78 is 37.5. The number of aryl methyl sites for hydroxylation is 2. The lowest BCUT2D eigenvalue weighted by Gasteiger charge is -2.30. The molecule has 2 aromatic heterocycles. The molecule has 3 rings (SSSR count). The summed E-state index contributed by atoms with van der Waals surface area (Å²) in [7, 11) is -3.57. The second kappa shape index (κ2) is 5.94. The molecule has 1 saturated heterocycles. The summed E-state index contributed by atoms with van der Waals surface area (Å²) in [4.78, 5) is 0.177. The molecule has 0 saturated carbocycles. The van der Waals surface area contributed by atoms with E-state index < -0.39 is 10.0 Å². The first-order chi connectivity index (χ1) is 10.5.